The van der Waals surface area contributed by atoms with Crippen molar-refractivity contribution in [2.45, 2.75) is 65.7 Å². The van der Waals surface area contributed by atoms with Crippen molar-refractivity contribution < 1.29 is 23.8 Å². The lowest BCUT2D eigenvalue weighted by molar-refractivity contribution is -0.173. The average molecular weight is 394 g/mol. The van der Waals surface area contributed by atoms with Crippen LogP contribution in [0, 0.1) is 11.8 Å². The summed E-state index contributed by atoms with van der Waals surface area (Å²) in [5, 5.41) is 0. The number of nitrogens with two attached hydrogens (primary N) is 1. The minimum Gasteiger partial charge on any atom is -0.464 e. The van der Waals surface area contributed by atoms with Crippen molar-refractivity contribution in [1.82, 2.24) is 0 Å². The molecule has 1 aromatic rings. The molecule has 0 spiro atoms. The molecule has 2 N–H and O–H groups in total. The van der Waals surface area contributed by atoms with Gasteiger partial charge in [0.05, 0.1) is 19.8 Å². The number of rotatable bonds is 10. The van der Waals surface area contributed by atoms with Gasteiger partial charge in [-0.05, 0) is 51.5 Å². The first-order valence-electron chi connectivity index (χ1n) is 9.80. The van der Waals surface area contributed by atoms with E-state index in [9.17, 15) is 9.59 Å². The van der Waals surface area contributed by atoms with E-state index in [0.717, 1.165) is 5.56 Å². The summed E-state index contributed by atoms with van der Waals surface area (Å²) in [5.41, 5.74) is 4.73. The summed E-state index contributed by atoms with van der Waals surface area (Å²) >= 11 is 0. The van der Waals surface area contributed by atoms with Crippen molar-refractivity contribution in [3.63, 3.8) is 0 Å². The number of esters is 2. The van der Waals surface area contributed by atoms with Crippen molar-refractivity contribution >= 4 is 11.9 Å². The van der Waals surface area contributed by atoms with Crippen LogP contribution in [0.2, 0.25) is 0 Å². The van der Waals surface area contributed by atoms with Crippen LogP contribution in [0.3, 0.4) is 0 Å². The van der Waals surface area contributed by atoms with Gasteiger partial charge in [-0.2, -0.15) is 0 Å². The van der Waals surface area contributed by atoms with Gasteiger partial charge < -0.3 is 19.9 Å². The zero-order valence-electron chi connectivity index (χ0n) is 18.0. The number of hydrogen-bond acceptors (Lipinski definition) is 6. The van der Waals surface area contributed by atoms with E-state index >= 15 is 0 Å². The Morgan fingerprint density at radius 2 is 1.68 bits per heavy atom. The van der Waals surface area contributed by atoms with Gasteiger partial charge in [-0.25, -0.2) is 9.59 Å². The molecule has 1 aromatic carbocycles. The molecule has 2 atom stereocenters. The molecule has 0 heterocycles. The first kappa shape index (κ1) is 24.1. The highest BCUT2D eigenvalue weighted by molar-refractivity contribution is 6.04. The Balaban J connectivity index is 2.90. The Bertz CT molecular complexity index is 624. The van der Waals surface area contributed by atoms with Crippen LogP contribution in [0.4, 0.5) is 0 Å². The van der Waals surface area contributed by atoms with E-state index in [1.165, 1.54) is 0 Å². The van der Waals surface area contributed by atoms with Gasteiger partial charge in [0.25, 0.3) is 0 Å². The second-order valence-corrected chi connectivity index (χ2v) is 8.40. The molecule has 0 aliphatic carbocycles. The molecule has 0 aliphatic rings. The van der Waals surface area contributed by atoms with Gasteiger partial charge >= 0.3 is 11.9 Å². The zero-order valence-corrected chi connectivity index (χ0v) is 18.0. The predicted octanol–water partition coefficient (Wildman–Crippen LogP) is 3.47. The molecule has 0 aromatic heterocycles. The second-order valence-electron chi connectivity index (χ2n) is 8.40. The molecule has 0 radical (unpaired) electrons. The molecular weight excluding hydrogens is 358 g/mol. The van der Waals surface area contributed by atoms with E-state index in [4.69, 9.17) is 19.9 Å². The van der Waals surface area contributed by atoms with Gasteiger partial charge in [0.1, 0.15) is 5.60 Å². The van der Waals surface area contributed by atoms with Crippen LogP contribution in [0.5, 0.6) is 0 Å². The lowest BCUT2D eigenvalue weighted by atomic mass is 9.82. The van der Waals surface area contributed by atoms with Crippen molar-refractivity contribution in [2.75, 3.05) is 13.2 Å². The lowest BCUT2D eigenvalue weighted by Gasteiger charge is -2.33. The highest BCUT2D eigenvalue weighted by Crippen LogP contribution is 2.27. The van der Waals surface area contributed by atoms with E-state index < -0.39 is 23.1 Å². The Morgan fingerprint density at radius 1 is 1.07 bits per heavy atom. The van der Waals surface area contributed by atoms with Crippen LogP contribution in [0.1, 0.15) is 53.5 Å². The highest BCUT2D eigenvalue weighted by Gasteiger charge is 2.48. The number of carbonyl (C=O) groups is 2. The molecule has 0 amide bonds. The fourth-order valence-corrected chi connectivity index (χ4v) is 2.68. The van der Waals surface area contributed by atoms with Crippen molar-refractivity contribution in [3.8, 4) is 0 Å². The summed E-state index contributed by atoms with van der Waals surface area (Å²) in [4.78, 5) is 25.3. The van der Waals surface area contributed by atoms with E-state index in [1.807, 2.05) is 44.2 Å². The maximum atomic E-state index is 12.8. The molecule has 158 valence electrons. The van der Waals surface area contributed by atoms with Crippen LogP contribution in [-0.2, 0) is 30.4 Å². The molecule has 0 bridgehead atoms. The Labute approximate surface area is 168 Å². The number of ether oxygens (including phenoxy) is 3. The molecule has 0 aliphatic heterocycles. The first-order valence-corrected chi connectivity index (χ1v) is 9.80. The van der Waals surface area contributed by atoms with Crippen molar-refractivity contribution in [1.29, 1.82) is 0 Å². The van der Waals surface area contributed by atoms with Crippen LogP contribution in [0.15, 0.2) is 30.3 Å². The third-order valence-corrected chi connectivity index (χ3v) is 4.37. The molecule has 0 unspecified atom stereocenters. The van der Waals surface area contributed by atoms with E-state index in [0.29, 0.717) is 13.2 Å². The Kier molecular flexibility index (Phi) is 9.11. The SMILES string of the molecule is CCOC(=O)[C@](N)(C[C@H](COCc1ccccc1)C(C)C)C(=O)OC(C)(C)C. The molecule has 0 saturated heterocycles. The van der Waals surface area contributed by atoms with Crippen molar-refractivity contribution in [3.05, 3.63) is 35.9 Å². The highest BCUT2D eigenvalue weighted by atomic mass is 16.6. The summed E-state index contributed by atoms with van der Waals surface area (Å²) < 4.78 is 16.4. The van der Waals surface area contributed by atoms with E-state index in [2.05, 4.69) is 0 Å². The predicted molar refractivity (Wildman–Crippen MR) is 108 cm³/mol. The summed E-state index contributed by atoms with van der Waals surface area (Å²) in [7, 11) is 0. The molecule has 28 heavy (non-hydrogen) atoms. The van der Waals surface area contributed by atoms with Crippen molar-refractivity contribution in [2.24, 2.45) is 17.6 Å². The zero-order chi connectivity index (χ0) is 21.4. The quantitative estimate of drug-likeness (QED) is 0.484. The minimum atomic E-state index is -1.87. The van der Waals surface area contributed by atoms with Crippen LogP contribution >= 0.6 is 0 Å². The summed E-state index contributed by atoms with van der Waals surface area (Å²) in [6.07, 6.45) is 0.0905. The van der Waals surface area contributed by atoms with Gasteiger partial charge in [-0.15, -0.1) is 0 Å². The standard InChI is InChI=1S/C22H35NO5/c1-7-27-19(24)22(23,20(25)28-21(4,5)6)13-18(16(2)3)15-26-14-17-11-9-8-10-12-17/h8-12,16,18H,7,13-15,23H2,1-6H3/t18-,22-/m1/s1. The first-order chi connectivity index (χ1) is 13.0. The summed E-state index contributed by atoms with van der Waals surface area (Å²) in [6, 6.07) is 9.82. The fraction of sp³-hybridized carbons (Fsp3) is 0.636. The van der Waals surface area contributed by atoms with Gasteiger partial charge in [0.2, 0.25) is 5.54 Å². The monoisotopic (exact) mass is 393 g/mol. The average Bonchev–Trinajstić information content (AvgIpc) is 2.60. The Morgan fingerprint density at radius 3 is 2.18 bits per heavy atom. The smallest absolute Gasteiger partial charge is 0.338 e. The fourth-order valence-electron chi connectivity index (χ4n) is 2.68. The number of benzene rings is 1. The third kappa shape index (κ3) is 7.60. The summed E-state index contributed by atoms with van der Waals surface area (Å²) in [5.74, 6) is -1.51. The van der Waals surface area contributed by atoms with Crippen LogP contribution in [0.25, 0.3) is 0 Å². The second kappa shape index (κ2) is 10.6. The number of carbonyl (C=O) groups excluding carboxylic acids is 2. The van der Waals surface area contributed by atoms with Gasteiger partial charge in [0.15, 0.2) is 0 Å². The third-order valence-electron chi connectivity index (χ3n) is 4.37. The van der Waals surface area contributed by atoms with Crippen LogP contribution < -0.4 is 5.73 Å². The topological polar surface area (TPSA) is 87.9 Å². The largest absolute Gasteiger partial charge is 0.464 e. The maximum Gasteiger partial charge on any atom is 0.338 e. The van der Waals surface area contributed by atoms with E-state index in [-0.39, 0.29) is 24.9 Å². The van der Waals surface area contributed by atoms with E-state index in [1.54, 1.807) is 27.7 Å². The Hall–Kier alpha value is -1.92. The molecular formula is C22H35NO5. The van der Waals surface area contributed by atoms with Gasteiger partial charge in [0, 0.05) is 0 Å². The van der Waals surface area contributed by atoms with Crippen LogP contribution in [-0.4, -0.2) is 36.3 Å². The molecule has 6 heteroatoms. The molecule has 0 saturated carbocycles. The lowest BCUT2D eigenvalue weighted by Crippen LogP contribution is -2.59. The minimum absolute atomic E-state index is 0.0905. The maximum absolute atomic E-state index is 12.8. The van der Waals surface area contributed by atoms with Gasteiger partial charge in [-0.3, -0.25) is 0 Å². The summed E-state index contributed by atoms with van der Waals surface area (Å²) in [6.45, 7) is 11.9. The molecule has 6 nitrogen and oxygen atoms in total. The number of hydrogen-bond donors (Lipinski definition) is 1. The molecule has 1 rings (SSSR count). The normalized spacial score (nSPS) is 15.0. The van der Waals surface area contributed by atoms with Gasteiger partial charge in [-0.1, -0.05) is 44.2 Å². The molecule has 0 fully saturated rings.